The van der Waals surface area contributed by atoms with Gasteiger partial charge in [-0.2, -0.15) is 0 Å². The summed E-state index contributed by atoms with van der Waals surface area (Å²) in [5.74, 6) is 1.04. The van der Waals surface area contributed by atoms with Crippen molar-refractivity contribution >= 4 is 5.97 Å². The van der Waals surface area contributed by atoms with Crippen LogP contribution in [0, 0.1) is 0 Å². The number of rotatable bonds is 8. The zero-order valence-electron chi connectivity index (χ0n) is 12.6. The van der Waals surface area contributed by atoms with E-state index in [0.29, 0.717) is 29.4 Å². The Kier molecular flexibility index (Phi) is 5.83. The SMILES string of the molecule is CCCCOc1cc(CC(=O)O)cc(Oc2ccccc2)c1. The van der Waals surface area contributed by atoms with Gasteiger partial charge < -0.3 is 14.6 Å². The summed E-state index contributed by atoms with van der Waals surface area (Å²) in [5, 5.41) is 8.97. The molecule has 0 spiro atoms. The van der Waals surface area contributed by atoms with Crippen molar-refractivity contribution < 1.29 is 19.4 Å². The molecule has 0 saturated heterocycles. The Balaban J connectivity index is 2.19. The molecule has 0 fully saturated rings. The number of unbranched alkanes of at least 4 members (excludes halogenated alkanes) is 1. The molecule has 2 aromatic carbocycles. The van der Waals surface area contributed by atoms with Crippen LogP contribution in [0.25, 0.3) is 0 Å². The van der Waals surface area contributed by atoms with Crippen molar-refractivity contribution in [2.24, 2.45) is 0 Å². The minimum atomic E-state index is -0.878. The largest absolute Gasteiger partial charge is 0.493 e. The van der Waals surface area contributed by atoms with Crippen LogP contribution < -0.4 is 9.47 Å². The highest BCUT2D eigenvalue weighted by Crippen LogP contribution is 2.28. The van der Waals surface area contributed by atoms with E-state index >= 15 is 0 Å². The molecular formula is C18H20O4. The molecule has 0 aromatic heterocycles. The minimum Gasteiger partial charge on any atom is -0.493 e. The lowest BCUT2D eigenvalue weighted by molar-refractivity contribution is -0.136. The molecule has 2 rings (SSSR count). The Hall–Kier alpha value is -2.49. The van der Waals surface area contributed by atoms with E-state index in [2.05, 4.69) is 6.92 Å². The first kappa shape index (κ1) is 15.9. The number of para-hydroxylation sites is 1. The van der Waals surface area contributed by atoms with Gasteiger partial charge in [0, 0.05) is 6.07 Å². The first-order valence-electron chi connectivity index (χ1n) is 7.39. The molecule has 0 radical (unpaired) electrons. The number of hydrogen-bond acceptors (Lipinski definition) is 3. The molecule has 4 heteroatoms. The monoisotopic (exact) mass is 300 g/mol. The topological polar surface area (TPSA) is 55.8 Å². The molecule has 0 bridgehead atoms. The average Bonchev–Trinajstić information content (AvgIpc) is 2.47. The molecule has 1 N–H and O–H groups in total. The van der Waals surface area contributed by atoms with Crippen molar-refractivity contribution in [2.75, 3.05) is 6.61 Å². The summed E-state index contributed by atoms with van der Waals surface area (Å²) < 4.78 is 11.4. The van der Waals surface area contributed by atoms with Crippen LogP contribution in [0.15, 0.2) is 48.5 Å². The summed E-state index contributed by atoms with van der Waals surface area (Å²) in [6.45, 7) is 2.70. The van der Waals surface area contributed by atoms with Crippen molar-refractivity contribution in [1.29, 1.82) is 0 Å². The predicted octanol–water partition coefficient (Wildman–Crippen LogP) is 4.28. The molecule has 22 heavy (non-hydrogen) atoms. The van der Waals surface area contributed by atoms with Crippen LogP contribution in [0.1, 0.15) is 25.3 Å². The Bertz CT molecular complexity index is 608. The second-order valence-corrected chi connectivity index (χ2v) is 5.00. The zero-order chi connectivity index (χ0) is 15.8. The maximum absolute atomic E-state index is 10.9. The van der Waals surface area contributed by atoms with Crippen LogP contribution in [0.5, 0.6) is 17.2 Å². The Morgan fingerprint density at radius 3 is 2.45 bits per heavy atom. The molecule has 0 aliphatic heterocycles. The fourth-order valence-electron chi connectivity index (χ4n) is 2.01. The Labute approximate surface area is 130 Å². The summed E-state index contributed by atoms with van der Waals surface area (Å²) >= 11 is 0. The molecule has 0 saturated carbocycles. The molecule has 0 atom stereocenters. The standard InChI is InChI=1S/C18H20O4/c1-2-3-9-21-16-10-14(12-18(19)20)11-17(13-16)22-15-7-5-4-6-8-15/h4-8,10-11,13H,2-3,9,12H2,1H3,(H,19,20). The van der Waals surface area contributed by atoms with Crippen LogP contribution in [0.3, 0.4) is 0 Å². The molecule has 0 amide bonds. The van der Waals surface area contributed by atoms with Gasteiger partial charge in [0.1, 0.15) is 17.2 Å². The maximum atomic E-state index is 10.9. The van der Waals surface area contributed by atoms with Gasteiger partial charge in [-0.05, 0) is 36.2 Å². The van der Waals surface area contributed by atoms with Gasteiger partial charge >= 0.3 is 5.97 Å². The number of hydrogen-bond donors (Lipinski definition) is 1. The summed E-state index contributed by atoms with van der Waals surface area (Å²) in [6.07, 6.45) is 1.94. The highest BCUT2D eigenvalue weighted by Gasteiger charge is 2.07. The minimum absolute atomic E-state index is 0.0594. The van der Waals surface area contributed by atoms with Crippen LogP contribution >= 0.6 is 0 Å². The van der Waals surface area contributed by atoms with Gasteiger partial charge in [-0.3, -0.25) is 4.79 Å². The number of carboxylic acid groups (broad SMARTS) is 1. The quantitative estimate of drug-likeness (QED) is 0.739. The van der Waals surface area contributed by atoms with Crippen LogP contribution in [-0.2, 0) is 11.2 Å². The molecule has 2 aromatic rings. The zero-order valence-corrected chi connectivity index (χ0v) is 12.6. The summed E-state index contributed by atoms with van der Waals surface area (Å²) in [7, 11) is 0. The molecular weight excluding hydrogens is 280 g/mol. The third-order valence-corrected chi connectivity index (χ3v) is 3.04. The molecule has 0 heterocycles. The van der Waals surface area contributed by atoms with Crippen molar-refractivity contribution in [2.45, 2.75) is 26.2 Å². The smallest absolute Gasteiger partial charge is 0.307 e. The van der Waals surface area contributed by atoms with E-state index in [-0.39, 0.29) is 6.42 Å². The molecule has 0 aliphatic rings. The number of carboxylic acids is 1. The van der Waals surface area contributed by atoms with Gasteiger partial charge in [-0.1, -0.05) is 31.5 Å². The van der Waals surface area contributed by atoms with E-state index in [0.717, 1.165) is 12.8 Å². The van der Waals surface area contributed by atoms with E-state index in [1.54, 1.807) is 18.2 Å². The third-order valence-electron chi connectivity index (χ3n) is 3.04. The highest BCUT2D eigenvalue weighted by atomic mass is 16.5. The van der Waals surface area contributed by atoms with Crippen molar-refractivity contribution in [3.8, 4) is 17.2 Å². The molecule has 116 valence electrons. The highest BCUT2D eigenvalue weighted by molar-refractivity contribution is 5.70. The first-order valence-corrected chi connectivity index (χ1v) is 7.39. The Morgan fingerprint density at radius 2 is 1.77 bits per heavy atom. The van der Waals surface area contributed by atoms with Gasteiger partial charge in [0.05, 0.1) is 13.0 Å². The summed E-state index contributed by atoms with van der Waals surface area (Å²) in [6, 6.07) is 14.6. The van der Waals surface area contributed by atoms with Gasteiger partial charge in [-0.15, -0.1) is 0 Å². The summed E-state index contributed by atoms with van der Waals surface area (Å²) in [4.78, 5) is 10.9. The number of benzene rings is 2. The van der Waals surface area contributed by atoms with Crippen molar-refractivity contribution in [3.05, 3.63) is 54.1 Å². The third kappa shape index (κ3) is 5.13. The average molecular weight is 300 g/mol. The number of ether oxygens (including phenoxy) is 2. The van der Waals surface area contributed by atoms with E-state index in [4.69, 9.17) is 14.6 Å². The lowest BCUT2D eigenvalue weighted by Crippen LogP contribution is -2.02. The van der Waals surface area contributed by atoms with E-state index in [1.807, 2.05) is 30.3 Å². The van der Waals surface area contributed by atoms with Gasteiger partial charge in [-0.25, -0.2) is 0 Å². The first-order chi connectivity index (χ1) is 10.7. The lowest BCUT2D eigenvalue weighted by atomic mass is 10.1. The predicted molar refractivity (Wildman–Crippen MR) is 84.7 cm³/mol. The lowest BCUT2D eigenvalue weighted by Gasteiger charge is -2.11. The second kappa shape index (κ2) is 8.08. The van der Waals surface area contributed by atoms with E-state index in [9.17, 15) is 4.79 Å². The molecule has 4 nitrogen and oxygen atoms in total. The summed E-state index contributed by atoms with van der Waals surface area (Å²) in [5.41, 5.74) is 0.660. The van der Waals surface area contributed by atoms with Crippen molar-refractivity contribution in [1.82, 2.24) is 0 Å². The fourth-order valence-corrected chi connectivity index (χ4v) is 2.01. The van der Waals surface area contributed by atoms with Crippen molar-refractivity contribution in [3.63, 3.8) is 0 Å². The fraction of sp³-hybridized carbons (Fsp3) is 0.278. The van der Waals surface area contributed by atoms with Crippen LogP contribution in [0.2, 0.25) is 0 Å². The molecule has 0 unspecified atom stereocenters. The van der Waals surface area contributed by atoms with Crippen LogP contribution in [-0.4, -0.2) is 17.7 Å². The second-order valence-electron chi connectivity index (χ2n) is 5.00. The number of aliphatic carboxylic acids is 1. The van der Waals surface area contributed by atoms with Gasteiger partial charge in [0.15, 0.2) is 0 Å². The maximum Gasteiger partial charge on any atom is 0.307 e. The number of carbonyl (C=O) groups is 1. The van der Waals surface area contributed by atoms with E-state index < -0.39 is 5.97 Å². The normalized spacial score (nSPS) is 10.2. The molecule has 0 aliphatic carbocycles. The van der Waals surface area contributed by atoms with Gasteiger partial charge in [0.2, 0.25) is 0 Å². The van der Waals surface area contributed by atoms with Gasteiger partial charge in [0.25, 0.3) is 0 Å². The van der Waals surface area contributed by atoms with Crippen LogP contribution in [0.4, 0.5) is 0 Å². The van der Waals surface area contributed by atoms with E-state index in [1.165, 1.54) is 0 Å². The Morgan fingerprint density at radius 1 is 1.05 bits per heavy atom.